The average Bonchev–Trinajstić information content (AvgIpc) is 2.58. The standard InChI is InChI=1S/C18H23N3O4/c1-13(2)20(17(22)18(3)10-5-4-6-11-18)25-16-9-7-8-15(21(23)24)14(16)12-19/h7-9,13H,4-6,10-11H2,1-3H3. The van der Waals surface area contributed by atoms with Gasteiger partial charge in [0.15, 0.2) is 11.3 Å². The molecule has 25 heavy (non-hydrogen) atoms. The summed E-state index contributed by atoms with van der Waals surface area (Å²) in [5, 5.41) is 21.7. The molecule has 134 valence electrons. The first-order valence-electron chi connectivity index (χ1n) is 8.49. The van der Waals surface area contributed by atoms with Crippen LogP contribution in [-0.2, 0) is 4.79 Å². The van der Waals surface area contributed by atoms with Crippen LogP contribution in [0.2, 0.25) is 0 Å². The zero-order valence-corrected chi connectivity index (χ0v) is 14.8. The number of nitriles is 1. The van der Waals surface area contributed by atoms with Gasteiger partial charge >= 0.3 is 0 Å². The third kappa shape index (κ3) is 3.90. The predicted molar refractivity (Wildman–Crippen MR) is 91.6 cm³/mol. The van der Waals surface area contributed by atoms with Crippen molar-refractivity contribution in [2.45, 2.75) is 58.9 Å². The van der Waals surface area contributed by atoms with E-state index in [9.17, 15) is 20.2 Å². The fourth-order valence-corrected chi connectivity index (χ4v) is 3.16. The normalized spacial score (nSPS) is 16.1. The van der Waals surface area contributed by atoms with Crippen LogP contribution in [0.1, 0.15) is 58.4 Å². The summed E-state index contributed by atoms with van der Waals surface area (Å²) in [6, 6.07) is 5.71. The molecule has 1 aliphatic carbocycles. The summed E-state index contributed by atoms with van der Waals surface area (Å²) in [5.74, 6) is -0.115. The number of carbonyl (C=O) groups excluding carboxylic acids is 1. The Labute approximate surface area is 147 Å². The van der Waals surface area contributed by atoms with E-state index < -0.39 is 10.3 Å². The fraction of sp³-hybridized carbons (Fsp3) is 0.556. The second kappa shape index (κ2) is 7.51. The van der Waals surface area contributed by atoms with Crippen LogP contribution in [0.15, 0.2) is 18.2 Å². The molecule has 0 heterocycles. The summed E-state index contributed by atoms with van der Waals surface area (Å²) in [5.41, 5.74) is -1.02. The summed E-state index contributed by atoms with van der Waals surface area (Å²) in [7, 11) is 0. The van der Waals surface area contributed by atoms with Gasteiger partial charge in [0.2, 0.25) is 0 Å². The predicted octanol–water partition coefficient (Wildman–Crippen LogP) is 3.97. The molecular weight excluding hydrogens is 322 g/mol. The first kappa shape index (κ1) is 18.7. The summed E-state index contributed by atoms with van der Waals surface area (Å²) >= 11 is 0. The Balaban J connectivity index is 2.35. The van der Waals surface area contributed by atoms with Crippen LogP contribution in [-0.4, -0.2) is 21.9 Å². The minimum absolute atomic E-state index is 0.0261. The first-order chi connectivity index (χ1) is 11.8. The Morgan fingerprint density at radius 1 is 1.36 bits per heavy atom. The summed E-state index contributed by atoms with van der Waals surface area (Å²) < 4.78 is 0. The number of nitro groups is 1. The second-order valence-corrected chi connectivity index (χ2v) is 6.96. The SMILES string of the molecule is CC(C)N(Oc1cccc([N+](=O)[O-])c1C#N)C(=O)C1(C)CCCCC1. The Hall–Kier alpha value is -2.62. The topological polar surface area (TPSA) is 96.5 Å². The molecular formula is C18H23N3O4. The zero-order chi connectivity index (χ0) is 18.6. The smallest absolute Gasteiger partial charge is 0.291 e. The van der Waals surface area contributed by atoms with Crippen molar-refractivity contribution in [3.63, 3.8) is 0 Å². The lowest BCUT2D eigenvalue weighted by molar-refractivity contribution is -0.385. The van der Waals surface area contributed by atoms with E-state index in [1.807, 2.05) is 26.8 Å². The van der Waals surface area contributed by atoms with E-state index >= 15 is 0 Å². The van der Waals surface area contributed by atoms with Gasteiger partial charge in [-0.05, 0) is 32.8 Å². The maximum absolute atomic E-state index is 13.1. The molecule has 0 unspecified atom stereocenters. The van der Waals surface area contributed by atoms with Crippen molar-refractivity contribution >= 4 is 11.6 Å². The number of carbonyl (C=O) groups is 1. The summed E-state index contributed by atoms with van der Waals surface area (Å²) in [6.45, 7) is 5.56. The molecule has 0 aliphatic heterocycles. The van der Waals surface area contributed by atoms with Crippen LogP contribution in [0, 0.1) is 26.9 Å². The molecule has 1 aromatic carbocycles. The molecule has 1 saturated carbocycles. The van der Waals surface area contributed by atoms with Gasteiger partial charge in [-0.3, -0.25) is 14.9 Å². The van der Waals surface area contributed by atoms with E-state index in [2.05, 4.69) is 0 Å². The van der Waals surface area contributed by atoms with Crippen molar-refractivity contribution in [2.24, 2.45) is 5.41 Å². The van der Waals surface area contributed by atoms with E-state index in [-0.39, 0.29) is 28.9 Å². The second-order valence-electron chi connectivity index (χ2n) is 6.96. The average molecular weight is 345 g/mol. The molecule has 2 rings (SSSR count). The lowest BCUT2D eigenvalue weighted by Crippen LogP contribution is -2.48. The van der Waals surface area contributed by atoms with Gasteiger partial charge in [-0.15, -0.1) is 0 Å². The fourth-order valence-electron chi connectivity index (χ4n) is 3.16. The number of nitro benzene ring substituents is 1. The highest BCUT2D eigenvalue weighted by Crippen LogP contribution is 2.38. The molecule has 1 aromatic rings. The van der Waals surface area contributed by atoms with Crippen molar-refractivity contribution in [2.75, 3.05) is 0 Å². The van der Waals surface area contributed by atoms with E-state index in [0.717, 1.165) is 32.1 Å². The molecule has 1 amide bonds. The van der Waals surface area contributed by atoms with Crippen LogP contribution >= 0.6 is 0 Å². The van der Waals surface area contributed by atoms with Gasteiger partial charge in [-0.1, -0.05) is 32.3 Å². The summed E-state index contributed by atoms with van der Waals surface area (Å²) in [6.07, 6.45) is 4.69. The number of amides is 1. The molecule has 0 atom stereocenters. The number of nitrogens with zero attached hydrogens (tertiary/aromatic N) is 3. The minimum atomic E-state index is -0.630. The lowest BCUT2D eigenvalue weighted by Gasteiger charge is -2.38. The largest absolute Gasteiger partial charge is 0.375 e. The molecule has 0 spiro atoms. The van der Waals surface area contributed by atoms with Crippen LogP contribution in [0.5, 0.6) is 5.75 Å². The monoisotopic (exact) mass is 345 g/mol. The van der Waals surface area contributed by atoms with E-state index in [0.29, 0.717) is 0 Å². The van der Waals surface area contributed by atoms with Crippen molar-refractivity contribution in [1.29, 1.82) is 5.26 Å². The Kier molecular flexibility index (Phi) is 5.62. The molecule has 1 aliphatic rings. The van der Waals surface area contributed by atoms with Crippen LogP contribution < -0.4 is 4.84 Å². The number of hydrogen-bond donors (Lipinski definition) is 0. The maximum Gasteiger partial charge on any atom is 0.291 e. The Morgan fingerprint density at radius 2 is 2.00 bits per heavy atom. The van der Waals surface area contributed by atoms with E-state index in [1.54, 1.807) is 0 Å². The van der Waals surface area contributed by atoms with E-state index in [4.69, 9.17) is 4.84 Å². The molecule has 0 saturated heterocycles. The van der Waals surface area contributed by atoms with Gasteiger partial charge in [0.05, 0.1) is 11.0 Å². The first-order valence-corrected chi connectivity index (χ1v) is 8.49. The van der Waals surface area contributed by atoms with Crippen LogP contribution in [0.25, 0.3) is 0 Å². The highest BCUT2D eigenvalue weighted by Gasteiger charge is 2.40. The maximum atomic E-state index is 13.1. The van der Waals surface area contributed by atoms with Crippen LogP contribution in [0.4, 0.5) is 5.69 Å². The van der Waals surface area contributed by atoms with Crippen molar-refractivity contribution < 1.29 is 14.6 Å². The Bertz CT molecular complexity index is 703. The van der Waals surface area contributed by atoms with Gasteiger partial charge < -0.3 is 4.84 Å². The van der Waals surface area contributed by atoms with Gasteiger partial charge in [-0.2, -0.15) is 10.3 Å². The molecule has 0 bridgehead atoms. The highest BCUT2D eigenvalue weighted by molar-refractivity contribution is 5.82. The number of hydroxylamine groups is 2. The van der Waals surface area contributed by atoms with Crippen LogP contribution in [0.3, 0.4) is 0 Å². The van der Waals surface area contributed by atoms with E-state index in [1.165, 1.54) is 23.3 Å². The van der Waals surface area contributed by atoms with Crippen molar-refractivity contribution in [3.05, 3.63) is 33.9 Å². The van der Waals surface area contributed by atoms with Gasteiger partial charge in [0.25, 0.3) is 11.6 Å². The van der Waals surface area contributed by atoms with Gasteiger partial charge in [0.1, 0.15) is 6.07 Å². The third-order valence-electron chi connectivity index (χ3n) is 4.65. The van der Waals surface area contributed by atoms with Gasteiger partial charge in [-0.25, -0.2) is 0 Å². The quantitative estimate of drug-likeness (QED) is 0.594. The number of benzene rings is 1. The molecule has 0 N–H and O–H groups in total. The molecule has 7 heteroatoms. The van der Waals surface area contributed by atoms with Crippen molar-refractivity contribution in [3.8, 4) is 11.8 Å². The third-order valence-corrected chi connectivity index (χ3v) is 4.65. The molecule has 0 aromatic heterocycles. The van der Waals surface area contributed by atoms with Crippen molar-refractivity contribution in [1.82, 2.24) is 5.06 Å². The number of hydrogen-bond acceptors (Lipinski definition) is 5. The Morgan fingerprint density at radius 3 is 2.52 bits per heavy atom. The minimum Gasteiger partial charge on any atom is -0.375 e. The number of rotatable bonds is 5. The lowest BCUT2D eigenvalue weighted by atomic mass is 9.75. The molecule has 7 nitrogen and oxygen atoms in total. The zero-order valence-electron chi connectivity index (χ0n) is 14.8. The highest BCUT2D eigenvalue weighted by atomic mass is 16.7. The molecule has 0 radical (unpaired) electrons. The summed E-state index contributed by atoms with van der Waals surface area (Å²) in [4.78, 5) is 29.3. The van der Waals surface area contributed by atoms with Gasteiger partial charge in [0, 0.05) is 11.5 Å². The molecule has 1 fully saturated rings.